The van der Waals surface area contributed by atoms with Gasteiger partial charge in [-0.05, 0) is 29.8 Å². The van der Waals surface area contributed by atoms with Crippen molar-refractivity contribution < 1.29 is 18.6 Å². The molecule has 0 amide bonds. The van der Waals surface area contributed by atoms with Crippen LogP contribution in [-0.4, -0.2) is 45.5 Å². The lowest BCUT2D eigenvalue weighted by molar-refractivity contribution is 0.0208. The van der Waals surface area contributed by atoms with Gasteiger partial charge in [0.05, 0.1) is 37.6 Å². The normalized spacial score (nSPS) is 15.0. The number of rotatable bonds is 6. The van der Waals surface area contributed by atoms with E-state index in [0.717, 1.165) is 12.1 Å². The first-order chi connectivity index (χ1) is 14.0. The van der Waals surface area contributed by atoms with Crippen LogP contribution in [0.2, 0.25) is 0 Å². The number of anilines is 1. The maximum atomic E-state index is 13.6. The second-order valence-corrected chi connectivity index (χ2v) is 6.68. The summed E-state index contributed by atoms with van der Waals surface area (Å²) in [7, 11) is 0. The Kier molecular flexibility index (Phi) is 5.32. The summed E-state index contributed by atoms with van der Waals surface area (Å²) in [6.45, 7) is 0.738. The summed E-state index contributed by atoms with van der Waals surface area (Å²) < 4.78 is 33.1. The van der Waals surface area contributed by atoms with E-state index in [-0.39, 0.29) is 11.6 Å². The quantitative estimate of drug-likeness (QED) is 0.658. The number of ether oxygens (including phenoxy) is 1. The molecule has 1 aliphatic heterocycles. The van der Waals surface area contributed by atoms with Gasteiger partial charge in [-0.1, -0.05) is 6.07 Å². The lowest BCUT2D eigenvalue weighted by Gasteiger charge is -2.26. The maximum Gasteiger partial charge on any atom is 0.251 e. The third-order valence-corrected chi connectivity index (χ3v) is 4.71. The number of benzene rings is 1. The van der Waals surface area contributed by atoms with E-state index in [2.05, 4.69) is 15.3 Å². The molecule has 1 fully saturated rings. The minimum absolute atomic E-state index is 0.166. The Balaban J connectivity index is 1.62. The maximum absolute atomic E-state index is 13.6. The van der Waals surface area contributed by atoms with Gasteiger partial charge in [-0.3, -0.25) is 4.79 Å². The number of aliphatic hydroxyl groups excluding tert-OH is 1. The molecule has 1 saturated heterocycles. The van der Waals surface area contributed by atoms with Gasteiger partial charge in [0.2, 0.25) is 5.95 Å². The van der Waals surface area contributed by atoms with Crippen LogP contribution < -0.4 is 10.9 Å². The molecule has 9 heteroatoms. The first-order valence-corrected chi connectivity index (χ1v) is 9.01. The molecule has 0 spiro atoms. The second-order valence-electron chi connectivity index (χ2n) is 6.68. The fourth-order valence-electron chi connectivity index (χ4n) is 3.07. The molecule has 2 aromatic heterocycles. The highest BCUT2D eigenvalue weighted by Crippen LogP contribution is 2.21. The van der Waals surface area contributed by atoms with Crippen LogP contribution in [0.3, 0.4) is 0 Å². The minimum atomic E-state index is -1.04. The fraction of sp³-hybridized carbons (Fsp3) is 0.250. The molecule has 0 radical (unpaired) electrons. The minimum Gasteiger partial charge on any atom is -0.394 e. The molecular formula is C20H18F2N4O3. The van der Waals surface area contributed by atoms with Crippen molar-refractivity contribution in [3.8, 4) is 11.3 Å². The number of hydrogen-bond donors (Lipinski definition) is 2. The number of pyridine rings is 1. The zero-order valence-corrected chi connectivity index (χ0v) is 15.3. The molecule has 7 nitrogen and oxygen atoms in total. The molecule has 1 atom stereocenters. The van der Waals surface area contributed by atoms with Crippen LogP contribution in [0.5, 0.6) is 0 Å². The van der Waals surface area contributed by atoms with E-state index in [0.29, 0.717) is 30.4 Å². The van der Waals surface area contributed by atoms with Crippen molar-refractivity contribution in [1.82, 2.24) is 14.5 Å². The van der Waals surface area contributed by atoms with Crippen molar-refractivity contribution in [2.24, 2.45) is 0 Å². The van der Waals surface area contributed by atoms with E-state index in [1.807, 2.05) is 0 Å². The SMILES string of the molecule is O=c1cc(-c2ccnc(NC3COC3)n2)ccn1C(CO)c1ccc(F)c(F)c1. The highest BCUT2D eigenvalue weighted by Gasteiger charge is 2.19. The van der Waals surface area contributed by atoms with Gasteiger partial charge < -0.3 is 19.7 Å². The summed E-state index contributed by atoms with van der Waals surface area (Å²) in [5.41, 5.74) is 1.01. The fourth-order valence-corrected chi connectivity index (χ4v) is 3.07. The van der Waals surface area contributed by atoms with Crippen LogP contribution in [0.25, 0.3) is 11.3 Å². The molecule has 1 unspecified atom stereocenters. The molecule has 0 saturated carbocycles. The second kappa shape index (κ2) is 8.06. The van der Waals surface area contributed by atoms with E-state index >= 15 is 0 Å². The van der Waals surface area contributed by atoms with Crippen molar-refractivity contribution in [3.63, 3.8) is 0 Å². The molecule has 4 rings (SSSR count). The lowest BCUT2D eigenvalue weighted by atomic mass is 10.1. The van der Waals surface area contributed by atoms with Gasteiger partial charge in [0.25, 0.3) is 5.56 Å². The topological polar surface area (TPSA) is 89.3 Å². The predicted molar refractivity (Wildman–Crippen MR) is 102 cm³/mol. The molecule has 29 heavy (non-hydrogen) atoms. The van der Waals surface area contributed by atoms with Gasteiger partial charge >= 0.3 is 0 Å². The largest absolute Gasteiger partial charge is 0.394 e. The van der Waals surface area contributed by atoms with Crippen molar-refractivity contribution in [3.05, 3.63) is 76.3 Å². The molecule has 3 heterocycles. The monoisotopic (exact) mass is 400 g/mol. The van der Waals surface area contributed by atoms with Gasteiger partial charge in [0.1, 0.15) is 0 Å². The van der Waals surface area contributed by atoms with E-state index < -0.39 is 29.8 Å². The third-order valence-electron chi connectivity index (χ3n) is 4.71. The van der Waals surface area contributed by atoms with Crippen LogP contribution in [-0.2, 0) is 4.74 Å². The van der Waals surface area contributed by atoms with Crippen LogP contribution in [0.1, 0.15) is 11.6 Å². The Morgan fingerprint density at radius 1 is 1.21 bits per heavy atom. The van der Waals surface area contributed by atoms with Gasteiger partial charge in [-0.15, -0.1) is 0 Å². The van der Waals surface area contributed by atoms with E-state index in [1.165, 1.54) is 22.9 Å². The lowest BCUT2D eigenvalue weighted by Crippen LogP contribution is -2.40. The predicted octanol–water partition coefficient (Wildman–Crippen LogP) is 1.98. The summed E-state index contributed by atoms with van der Waals surface area (Å²) in [5.74, 6) is -1.59. The molecular weight excluding hydrogens is 382 g/mol. The van der Waals surface area contributed by atoms with E-state index in [4.69, 9.17) is 4.74 Å². The molecule has 1 aliphatic rings. The van der Waals surface area contributed by atoms with Gasteiger partial charge in [0.15, 0.2) is 11.6 Å². The highest BCUT2D eigenvalue weighted by molar-refractivity contribution is 5.59. The molecule has 3 aromatic rings. The van der Waals surface area contributed by atoms with Gasteiger partial charge in [-0.2, -0.15) is 0 Å². The van der Waals surface area contributed by atoms with E-state index in [9.17, 15) is 18.7 Å². The molecule has 1 aromatic carbocycles. The van der Waals surface area contributed by atoms with Crippen LogP contribution in [0, 0.1) is 11.6 Å². The van der Waals surface area contributed by atoms with Gasteiger partial charge in [0, 0.05) is 24.0 Å². The van der Waals surface area contributed by atoms with Crippen LogP contribution in [0.4, 0.5) is 14.7 Å². The number of hydrogen-bond acceptors (Lipinski definition) is 6. The first-order valence-electron chi connectivity index (χ1n) is 9.01. The van der Waals surface area contributed by atoms with Crippen molar-refractivity contribution in [2.45, 2.75) is 12.1 Å². The summed E-state index contributed by atoms with van der Waals surface area (Å²) in [4.78, 5) is 21.2. The molecule has 150 valence electrons. The Hall–Kier alpha value is -3.17. The molecule has 2 N–H and O–H groups in total. The number of aromatic nitrogens is 3. The Morgan fingerprint density at radius 3 is 2.69 bits per heavy atom. The van der Waals surface area contributed by atoms with Crippen LogP contribution >= 0.6 is 0 Å². The zero-order valence-electron chi connectivity index (χ0n) is 15.3. The summed E-state index contributed by atoms with van der Waals surface area (Å²) >= 11 is 0. The first kappa shape index (κ1) is 19.2. The Bertz CT molecular complexity index is 1090. The number of nitrogens with one attached hydrogen (secondary N) is 1. The Morgan fingerprint density at radius 2 is 2.03 bits per heavy atom. The smallest absolute Gasteiger partial charge is 0.251 e. The van der Waals surface area contributed by atoms with Gasteiger partial charge in [-0.25, -0.2) is 18.7 Å². The van der Waals surface area contributed by atoms with Crippen molar-refractivity contribution in [1.29, 1.82) is 0 Å². The number of halogens is 2. The average molecular weight is 400 g/mol. The molecule has 0 aliphatic carbocycles. The molecule has 0 bridgehead atoms. The standard InChI is InChI=1S/C20H18F2N4O3/c21-15-2-1-13(7-16(15)22)18(9-27)26-6-4-12(8-19(26)28)17-3-5-23-20(25-17)24-14-10-29-11-14/h1-8,14,18,27H,9-11H2,(H,23,24,25). The average Bonchev–Trinajstić information content (AvgIpc) is 2.69. The number of nitrogens with zero attached hydrogens (tertiary/aromatic N) is 3. The summed E-state index contributed by atoms with van der Waals surface area (Å²) in [6.07, 6.45) is 3.09. The van der Waals surface area contributed by atoms with Crippen molar-refractivity contribution >= 4 is 5.95 Å². The van der Waals surface area contributed by atoms with Crippen LogP contribution in [0.15, 0.2) is 53.6 Å². The summed E-state index contributed by atoms with van der Waals surface area (Å²) in [5, 5.41) is 12.9. The zero-order chi connectivity index (χ0) is 20.4. The highest BCUT2D eigenvalue weighted by atomic mass is 19.2. The third kappa shape index (κ3) is 4.01. The van der Waals surface area contributed by atoms with Crippen molar-refractivity contribution in [2.75, 3.05) is 25.1 Å². The van der Waals surface area contributed by atoms with E-state index in [1.54, 1.807) is 18.3 Å². The summed E-state index contributed by atoms with van der Waals surface area (Å²) in [6, 6.07) is 7.34. The Labute approximate surface area is 164 Å². The number of aliphatic hydroxyl groups is 1.